The Bertz CT molecular complexity index is 667. The van der Waals surface area contributed by atoms with Gasteiger partial charge in [-0.2, -0.15) is 4.98 Å². The molecule has 8 heteroatoms. The largest absolute Gasteiger partial charge is 0.437 e. The van der Waals surface area contributed by atoms with Gasteiger partial charge in [0, 0.05) is 22.5 Å². The van der Waals surface area contributed by atoms with E-state index < -0.39 is 0 Å². The molecule has 0 saturated heterocycles. The molecule has 21 heavy (non-hydrogen) atoms. The molecule has 5 nitrogen and oxygen atoms in total. The van der Waals surface area contributed by atoms with Crippen molar-refractivity contribution in [3.63, 3.8) is 0 Å². The molecule has 0 atom stereocenters. The van der Waals surface area contributed by atoms with E-state index >= 15 is 0 Å². The average Bonchev–Trinajstić information content (AvgIpc) is 2.44. The lowest BCUT2D eigenvalue weighted by atomic mass is 10.2. The molecule has 0 radical (unpaired) electrons. The Hall–Kier alpha value is -1.08. The second kappa shape index (κ2) is 6.79. The first-order chi connectivity index (χ1) is 9.90. The highest BCUT2D eigenvalue weighted by Gasteiger charge is 2.12. The van der Waals surface area contributed by atoms with E-state index in [9.17, 15) is 0 Å². The molecular weight excluding hydrogens is 379 g/mol. The number of benzene rings is 1. The maximum atomic E-state index is 6.13. The van der Waals surface area contributed by atoms with Gasteiger partial charge in [0.25, 0.3) is 0 Å². The van der Waals surface area contributed by atoms with Crippen molar-refractivity contribution in [1.82, 2.24) is 9.97 Å². The first-order valence-corrected chi connectivity index (χ1v) is 7.63. The highest BCUT2D eigenvalue weighted by Crippen LogP contribution is 2.36. The molecule has 2 rings (SSSR count). The van der Waals surface area contributed by atoms with Crippen molar-refractivity contribution in [2.75, 3.05) is 5.43 Å². The predicted molar refractivity (Wildman–Crippen MR) is 88.2 cm³/mol. The number of aromatic nitrogens is 2. The summed E-state index contributed by atoms with van der Waals surface area (Å²) in [5, 5.41) is 0.906. The molecule has 2 aromatic rings. The molecule has 1 aromatic carbocycles. The normalized spacial score (nSPS) is 10.8. The number of ether oxygens (including phenoxy) is 1. The van der Waals surface area contributed by atoms with Crippen molar-refractivity contribution in [3.05, 3.63) is 38.5 Å². The number of hydrogen-bond donors (Lipinski definition) is 2. The van der Waals surface area contributed by atoms with Gasteiger partial charge in [0.2, 0.25) is 5.88 Å². The number of nitrogen functional groups attached to an aromatic ring is 1. The topological polar surface area (TPSA) is 73.1 Å². The molecule has 0 spiro atoms. The van der Waals surface area contributed by atoms with Crippen LogP contribution in [0.25, 0.3) is 0 Å². The van der Waals surface area contributed by atoms with E-state index in [-0.39, 0.29) is 5.92 Å². The first kappa shape index (κ1) is 16.3. The third-order valence-corrected chi connectivity index (χ3v) is 4.07. The van der Waals surface area contributed by atoms with E-state index in [0.29, 0.717) is 37.8 Å². The lowest BCUT2D eigenvalue weighted by molar-refractivity contribution is 0.457. The Morgan fingerprint density at radius 2 is 1.90 bits per heavy atom. The summed E-state index contributed by atoms with van der Waals surface area (Å²) in [6, 6.07) is 4.85. The molecule has 3 N–H and O–H groups in total. The van der Waals surface area contributed by atoms with Gasteiger partial charge in [-0.15, -0.1) is 0 Å². The monoisotopic (exact) mass is 390 g/mol. The molecule has 0 aliphatic heterocycles. The second-order valence-corrected chi connectivity index (χ2v) is 6.22. The van der Waals surface area contributed by atoms with Crippen LogP contribution in [-0.4, -0.2) is 9.97 Å². The Kier molecular flexibility index (Phi) is 5.27. The summed E-state index contributed by atoms with van der Waals surface area (Å²) in [6.07, 6.45) is 0. The third-order valence-electron chi connectivity index (χ3n) is 2.57. The zero-order chi connectivity index (χ0) is 15.6. The Morgan fingerprint density at radius 1 is 1.19 bits per heavy atom. The van der Waals surface area contributed by atoms with Gasteiger partial charge in [0.05, 0.1) is 10.0 Å². The van der Waals surface area contributed by atoms with Crippen molar-refractivity contribution < 1.29 is 4.74 Å². The van der Waals surface area contributed by atoms with Gasteiger partial charge in [-0.25, -0.2) is 10.8 Å². The number of halogens is 3. The van der Waals surface area contributed by atoms with Crippen LogP contribution in [0.1, 0.15) is 25.6 Å². The standard InChI is InChI=1S/C13H13BrCl2N4O/c1-6(2)13-18-11(20-17)5-12(19-13)21-10-4-8(15)7(14)3-9(10)16/h3-6H,17H2,1-2H3,(H,18,19,20). The Labute approximate surface area is 140 Å². The fourth-order valence-corrected chi connectivity index (χ4v) is 2.35. The summed E-state index contributed by atoms with van der Waals surface area (Å²) in [4.78, 5) is 8.58. The van der Waals surface area contributed by atoms with Crippen LogP contribution in [0.3, 0.4) is 0 Å². The SMILES string of the molecule is CC(C)c1nc(NN)cc(Oc2cc(Cl)c(Br)cc2Cl)n1. The van der Waals surface area contributed by atoms with Crippen molar-refractivity contribution in [1.29, 1.82) is 0 Å². The number of nitrogens with zero attached hydrogens (tertiary/aromatic N) is 2. The molecule has 0 aliphatic rings. The molecule has 0 fully saturated rings. The van der Waals surface area contributed by atoms with Gasteiger partial charge in [-0.1, -0.05) is 37.0 Å². The zero-order valence-electron chi connectivity index (χ0n) is 11.3. The molecule has 1 heterocycles. The average molecular weight is 392 g/mol. The molecule has 0 bridgehead atoms. The quantitative estimate of drug-likeness (QED) is 0.447. The predicted octanol–water partition coefficient (Wildman–Crippen LogP) is 4.75. The molecule has 0 aliphatic carbocycles. The van der Waals surface area contributed by atoms with E-state index in [1.165, 1.54) is 0 Å². The number of rotatable bonds is 4. The van der Waals surface area contributed by atoms with E-state index in [4.69, 9.17) is 33.8 Å². The molecule has 1 aromatic heterocycles. The lowest BCUT2D eigenvalue weighted by Crippen LogP contribution is -2.11. The smallest absolute Gasteiger partial charge is 0.224 e. The summed E-state index contributed by atoms with van der Waals surface area (Å²) >= 11 is 15.5. The molecule has 0 saturated carbocycles. The molecule has 0 unspecified atom stereocenters. The highest BCUT2D eigenvalue weighted by atomic mass is 79.9. The summed E-state index contributed by atoms with van der Waals surface area (Å²) in [6.45, 7) is 3.95. The first-order valence-electron chi connectivity index (χ1n) is 6.08. The minimum atomic E-state index is 0.129. The van der Waals surface area contributed by atoms with Crippen LogP contribution in [0.2, 0.25) is 10.0 Å². The number of nitrogens with one attached hydrogen (secondary N) is 1. The summed E-state index contributed by atoms with van der Waals surface area (Å²) in [5.41, 5.74) is 2.49. The number of hydrazine groups is 1. The third kappa shape index (κ3) is 3.97. The van der Waals surface area contributed by atoms with E-state index in [0.717, 1.165) is 0 Å². The van der Waals surface area contributed by atoms with Crippen molar-refractivity contribution in [2.24, 2.45) is 5.84 Å². The van der Waals surface area contributed by atoms with E-state index in [1.807, 2.05) is 13.8 Å². The summed E-state index contributed by atoms with van der Waals surface area (Å²) in [5.74, 6) is 7.35. The van der Waals surface area contributed by atoms with Gasteiger partial charge in [-0.3, -0.25) is 0 Å². The van der Waals surface area contributed by atoms with E-state index in [1.54, 1.807) is 18.2 Å². The zero-order valence-corrected chi connectivity index (χ0v) is 14.4. The minimum Gasteiger partial charge on any atom is -0.437 e. The Balaban J connectivity index is 2.39. The van der Waals surface area contributed by atoms with Gasteiger partial charge in [0.15, 0.2) is 0 Å². The molecule has 112 valence electrons. The maximum absolute atomic E-state index is 6.13. The maximum Gasteiger partial charge on any atom is 0.224 e. The van der Waals surface area contributed by atoms with Crippen LogP contribution in [0.15, 0.2) is 22.7 Å². The van der Waals surface area contributed by atoms with Crippen LogP contribution in [0.5, 0.6) is 11.6 Å². The van der Waals surface area contributed by atoms with Gasteiger partial charge >= 0.3 is 0 Å². The van der Waals surface area contributed by atoms with Gasteiger partial charge < -0.3 is 10.2 Å². The van der Waals surface area contributed by atoms with Crippen molar-refractivity contribution >= 4 is 44.9 Å². The van der Waals surface area contributed by atoms with Crippen LogP contribution < -0.4 is 16.0 Å². The minimum absolute atomic E-state index is 0.129. The van der Waals surface area contributed by atoms with E-state index in [2.05, 4.69) is 31.3 Å². The van der Waals surface area contributed by atoms with Gasteiger partial charge in [-0.05, 0) is 22.0 Å². The highest BCUT2D eigenvalue weighted by molar-refractivity contribution is 9.10. The van der Waals surface area contributed by atoms with Gasteiger partial charge in [0.1, 0.15) is 17.4 Å². The number of anilines is 1. The number of nitrogens with two attached hydrogens (primary N) is 1. The summed E-state index contributed by atoms with van der Waals surface area (Å²) in [7, 11) is 0. The van der Waals surface area contributed by atoms with Crippen LogP contribution in [-0.2, 0) is 0 Å². The Morgan fingerprint density at radius 3 is 2.52 bits per heavy atom. The summed E-state index contributed by atoms with van der Waals surface area (Å²) < 4.78 is 6.39. The second-order valence-electron chi connectivity index (χ2n) is 4.55. The van der Waals surface area contributed by atoms with Crippen molar-refractivity contribution in [2.45, 2.75) is 19.8 Å². The lowest BCUT2D eigenvalue weighted by Gasteiger charge is -2.12. The van der Waals surface area contributed by atoms with Crippen LogP contribution >= 0.6 is 39.1 Å². The number of hydrogen-bond acceptors (Lipinski definition) is 5. The molecular formula is C13H13BrCl2N4O. The fourth-order valence-electron chi connectivity index (χ4n) is 1.52. The fraction of sp³-hybridized carbons (Fsp3) is 0.231. The van der Waals surface area contributed by atoms with Crippen LogP contribution in [0.4, 0.5) is 5.82 Å². The van der Waals surface area contributed by atoms with Crippen LogP contribution in [0, 0.1) is 0 Å². The van der Waals surface area contributed by atoms with Crippen molar-refractivity contribution in [3.8, 4) is 11.6 Å². The molecule has 0 amide bonds.